The zero-order valence-electron chi connectivity index (χ0n) is 5.64. The number of halogens is 3. The SMILES string of the molecule is C=CP(=O)(O)CCC(F)(F)F. The van der Waals surface area contributed by atoms with E-state index >= 15 is 0 Å². The summed E-state index contributed by atoms with van der Waals surface area (Å²) in [5, 5.41) is 0. The summed E-state index contributed by atoms with van der Waals surface area (Å²) < 4.78 is 44.9. The van der Waals surface area contributed by atoms with Crippen LogP contribution in [0, 0.1) is 0 Å². The summed E-state index contributed by atoms with van der Waals surface area (Å²) in [6.45, 7) is 2.95. The molecule has 0 saturated carbocycles. The van der Waals surface area contributed by atoms with Crippen molar-refractivity contribution in [2.24, 2.45) is 0 Å². The molecule has 0 saturated heterocycles. The molecule has 0 bridgehead atoms. The Morgan fingerprint density at radius 1 is 1.55 bits per heavy atom. The lowest BCUT2D eigenvalue weighted by Crippen LogP contribution is -2.09. The second kappa shape index (κ2) is 3.41. The van der Waals surface area contributed by atoms with Crippen LogP contribution in [0.3, 0.4) is 0 Å². The van der Waals surface area contributed by atoms with Crippen molar-refractivity contribution in [3.8, 4) is 0 Å². The lowest BCUT2D eigenvalue weighted by atomic mass is 10.5. The highest BCUT2D eigenvalue weighted by atomic mass is 31.2. The van der Waals surface area contributed by atoms with E-state index < -0.39 is 26.1 Å². The molecule has 0 fully saturated rings. The first-order valence-corrected chi connectivity index (χ1v) is 4.70. The molecule has 1 N–H and O–H groups in total. The van der Waals surface area contributed by atoms with Crippen molar-refractivity contribution in [1.29, 1.82) is 0 Å². The Balaban J connectivity index is 3.90. The van der Waals surface area contributed by atoms with Gasteiger partial charge in [0.25, 0.3) is 0 Å². The van der Waals surface area contributed by atoms with Gasteiger partial charge < -0.3 is 4.89 Å². The van der Waals surface area contributed by atoms with E-state index in [9.17, 15) is 17.7 Å². The smallest absolute Gasteiger partial charge is 0.341 e. The topological polar surface area (TPSA) is 37.3 Å². The maximum absolute atomic E-state index is 11.5. The van der Waals surface area contributed by atoms with Gasteiger partial charge in [0.1, 0.15) is 0 Å². The van der Waals surface area contributed by atoms with Crippen molar-refractivity contribution >= 4 is 7.37 Å². The molecule has 0 radical (unpaired) electrons. The highest BCUT2D eigenvalue weighted by Gasteiger charge is 2.30. The summed E-state index contributed by atoms with van der Waals surface area (Å²) in [7, 11) is -3.73. The van der Waals surface area contributed by atoms with E-state index in [1.807, 2.05) is 0 Å². The van der Waals surface area contributed by atoms with Gasteiger partial charge in [-0.2, -0.15) is 13.2 Å². The number of hydrogen-bond acceptors (Lipinski definition) is 1. The van der Waals surface area contributed by atoms with Crippen molar-refractivity contribution in [2.75, 3.05) is 6.16 Å². The molecule has 1 unspecified atom stereocenters. The Kier molecular flexibility index (Phi) is 3.32. The monoisotopic (exact) mass is 188 g/mol. The molecule has 2 nitrogen and oxygen atoms in total. The predicted molar refractivity (Wildman–Crippen MR) is 35.6 cm³/mol. The first kappa shape index (κ1) is 10.7. The summed E-state index contributed by atoms with van der Waals surface area (Å²) in [6, 6.07) is 0. The second-order valence-electron chi connectivity index (χ2n) is 2.03. The van der Waals surface area contributed by atoms with Gasteiger partial charge in [0.05, 0.1) is 6.42 Å². The molecule has 0 aromatic carbocycles. The predicted octanol–water partition coefficient (Wildman–Crippen LogP) is 2.35. The van der Waals surface area contributed by atoms with Crippen LogP contribution in [-0.4, -0.2) is 17.2 Å². The van der Waals surface area contributed by atoms with E-state index in [4.69, 9.17) is 4.89 Å². The first-order chi connectivity index (χ1) is 4.77. The van der Waals surface area contributed by atoms with Crippen LogP contribution in [0.4, 0.5) is 13.2 Å². The average molecular weight is 188 g/mol. The molecule has 0 heterocycles. The molecule has 0 aromatic heterocycles. The minimum absolute atomic E-state index is 0.665. The number of hydrogen-bond donors (Lipinski definition) is 1. The molecule has 0 aliphatic rings. The molecule has 0 aliphatic carbocycles. The summed E-state index contributed by atoms with van der Waals surface area (Å²) in [6.07, 6.45) is -6.39. The Hall–Kier alpha value is -0.280. The molecule has 0 aliphatic heterocycles. The molecule has 66 valence electrons. The quantitative estimate of drug-likeness (QED) is 0.690. The van der Waals surface area contributed by atoms with Gasteiger partial charge in [0.2, 0.25) is 7.37 Å². The highest BCUT2D eigenvalue weighted by Crippen LogP contribution is 2.44. The van der Waals surface area contributed by atoms with Crippen LogP contribution in [0.25, 0.3) is 0 Å². The van der Waals surface area contributed by atoms with E-state index in [-0.39, 0.29) is 0 Å². The third-order valence-corrected chi connectivity index (χ3v) is 2.44. The Labute approximate surface area is 62.2 Å². The van der Waals surface area contributed by atoms with Gasteiger partial charge in [-0.3, -0.25) is 4.57 Å². The molecule has 11 heavy (non-hydrogen) atoms. The van der Waals surface area contributed by atoms with Gasteiger partial charge >= 0.3 is 6.18 Å². The van der Waals surface area contributed by atoms with Crippen LogP contribution in [0.15, 0.2) is 12.4 Å². The minimum Gasteiger partial charge on any atom is -0.341 e. The maximum atomic E-state index is 11.5. The van der Waals surface area contributed by atoms with Crippen molar-refractivity contribution in [3.05, 3.63) is 12.4 Å². The second-order valence-corrected chi connectivity index (χ2v) is 4.35. The maximum Gasteiger partial charge on any atom is 0.389 e. The molecular formula is C5H8F3O2P. The van der Waals surface area contributed by atoms with Gasteiger partial charge in [0, 0.05) is 6.16 Å². The molecule has 0 spiro atoms. The highest BCUT2D eigenvalue weighted by molar-refractivity contribution is 7.61. The van der Waals surface area contributed by atoms with E-state index in [1.165, 1.54) is 0 Å². The fraction of sp³-hybridized carbons (Fsp3) is 0.600. The lowest BCUT2D eigenvalue weighted by Gasteiger charge is -2.08. The number of alkyl halides is 3. The van der Waals surface area contributed by atoms with Gasteiger partial charge in [0.15, 0.2) is 0 Å². The molecule has 0 aromatic rings. The van der Waals surface area contributed by atoms with Crippen LogP contribution >= 0.6 is 7.37 Å². The van der Waals surface area contributed by atoms with Gasteiger partial charge in [-0.15, -0.1) is 0 Å². The van der Waals surface area contributed by atoms with Crippen molar-refractivity contribution in [2.45, 2.75) is 12.6 Å². The van der Waals surface area contributed by atoms with Crippen LogP contribution in [0.2, 0.25) is 0 Å². The largest absolute Gasteiger partial charge is 0.389 e. The number of rotatable bonds is 3. The Morgan fingerprint density at radius 2 is 2.00 bits per heavy atom. The van der Waals surface area contributed by atoms with E-state index in [2.05, 4.69) is 6.58 Å². The third kappa shape index (κ3) is 6.13. The molecular weight excluding hydrogens is 180 g/mol. The normalized spacial score (nSPS) is 17.5. The fourth-order valence-corrected chi connectivity index (χ4v) is 1.13. The Morgan fingerprint density at radius 3 is 2.27 bits per heavy atom. The summed E-state index contributed by atoms with van der Waals surface area (Å²) in [5.74, 6) is 0.665. The summed E-state index contributed by atoms with van der Waals surface area (Å²) >= 11 is 0. The zero-order valence-corrected chi connectivity index (χ0v) is 6.53. The molecule has 0 amide bonds. The van der Waals surface area contributed by atoms with Gasteiger partial charge in [-0.05, 0) is 5.82 Å². The fourth-order valence-electron chi connectivity index (χ4n) is 0.378. The average Bonchev–Trinajstić information content (AvgIpc) is 1.83. The van der Waals surface area contributed by atoms with Gasteiger partial charge in [-0.25, -0.2) is 0 Å². The van der Waals surface area contributed by atoms with Crippen LogP contribution < -0.4 is 0 Å². The van der Waals surface area contributed by atoms with Crippen LogP contribution in [0.1, 0.15) is 6.42 Å². The van der Waals surface area contributed by atoms with Crippen molar-refractivity contribution in [1.82, 2.24) is 0 Å². The minimum atomic E-state index is -4.37. The first-order valence-electron chi connectivity index (χ1n) is 2.79. The van der Waals surface area contributed by atoms with Crippen molar-refractivity contribution in [3.63, 3.8) is 0 Å². The van der Waals surface area contributed by atoms with Crippen LogP contribution in [-0.2, 0) is 4.57 Å². The molecule has 0 rings (SSSR count). The van der Waals surface area contributed by atoms with Crippen molar-refractivity contribution < 1.29 is 22.6 Å². The molecule has 1 atom stereocenters. The van der Waals surface area contributed by atoms with Gasteiger partial charge in [-0.1, -0.05) is 6.58 Å². The zero-order chi connectivity index (χ0) is 9.12. The van der Waals surface area contributed by atoms with E-state index in [0.29, 0.717) is 5.82 Å². The standard InChI is InChI=1S/C5H8F3O2P/c1-2-11(9,10)4-3-5(6,7)8/h2H,1,3-4H2,(H,9,10). The van der Waals surface area contributed by atoms with E-state index in [0.717, 1.165) is 0 Å². The lowest BCUT2D eigenvalue weighted by molar-refractivity contribution is -0.130. The van der Waals surface area contributed by atoms with E-state index in [1.54, 1.807) is 0 Å². The van der Waals surface area contributed by atoms with Crippen LogP contribution in [0.5, 0.6) is 0 Å². The summed E-state index contributed by atoms with van der Waals surface area (Å²) in [4.78, 5) is 8.62. The Bertz CT molecular complexity index is 187. The summed E-state index contributed by atoms with van der Waals surface area (Å²) in [5.41, 5.74) is 0. The molecule has 6 heteroatoms. The third-order valence-electron chi connectivity index (χ3n) is 1.00.